The molecule has 0 N–H and O–H groups in total. The van der Waals surface area contributed by atoms with Crippen LogP contribution < -0.4 is 0 Å². The van der Waals surface area contributed by atoms with Crippen LogP contribution in [0, 0.1) is 0 Å². The van der Waals surface area contributed by atoms with Crippen molar-refractivity contribution in [3.63, 3.8) is 0 Å². The Kier molecular flexibility index (Phi) is 3.00. The summed E-state index contributed by atoms with van der Waals surface area (Å²) in [6, 6.07) is 0. The topological polar surface area (TPSA) is 25.8 Å². The molecule has 0 radical (unpaired) electrons. The summed E-state index contributed by atoms with van der Waals surface area (Å²) in [6.45, 7) is 2.15. The first kappa shape index (κ1) is 7.02. The molecule has 1 rings (SSSR count). The lowest BCUT2D eigenvalue weighted by Gasteiger charge is -1.87. The largest absolute Gasteiger partial charge is 0.218 e. The number of hydrogen-bond acceptors (Lipinski definition) is 4. The Hall–Kier alpha value is -0.0900. The molecule has 0 aliphatic carbocycles. The highest BCUT2D eigenvalue weighted by atomic mass is 32.2. The average Bonchev–Trinajstić information content (AvgIpc) is 2.34. The second-order valence-corrected chi connectivity index (χ2v) is 3.23. The lowest BCUT2D eigenvalue weighted by Crippen LogP contribution is -1.76. The normalized spacial score (nSPS) is 9.89. The predicted molar refractivity (Wildman–Crippen MR) is 40.9 cm³/mol. The molecular formula is C5H8N2S2. The maximum atomic E-state index is 4.05. The minimum Gasteiger partial charge on any atom is -0.218 e. The van der Waals surface area contributed by atoms with E-state index in [1.165, 1.54) is 18.0 Å². The Morgan fingerprint density at radius 2 is 2.67 bits per heavy atom. The summed E-state index contributed by atoms with van der Waals surface area (Å²) in [4.78, 5) is 4.02. The van der Waals surface area contributed by atoms with E-state index in [1.54, 1.807) is 17.3 Å². The summed E-state index contributed by atoms with van der Waals surface area (Å²) >= 11 is 3.12. The second-order valence-electron chi connectivity index (χ2n) is 1.56. The zero-order valence-electron chi connectivity index (χ0n) is 5.20. The van der Waals surface area contributed by atoms with Crippen LogP contribution in [0.4, 0.5) is 0 Å². The van der Waals surface area contributed by atoms with E-state index in [9.17, 15) is 0 Å². The van der Waals surface area contributed by atoms with Crippen LogP contribution >= 0.6 is 23.3 Å². The summed E-state index contributed by atoms with van der Waals surface area (Å²) in [7, 11) is 0. The molecule has 0 aliphatic rings. The maximum Gasteiger partial charge on any atom is 0.200 e. The molecule has 4 heteroatoms. The summed E-state index contributed by atoms with van der Waals surface area (Å²) < 4.78 is 4.05. The number of aromatic nitrogens is 2. The van der Waals surface area contributed by atoms with Gasteiger partial charge < -0.3 is 0 Å². The van der Waals surface area contributed by atoms with Gasteiger partial charge in [0.05, 0.1) is 0 Å². The highest BCUT2D eigenvalue weighted by Crippen LogP contribution is 2.13. The molecule has 0 spiro atoms. The van der Waals surface area contributed by atoms with Crippen molar-refractivity contribution < 1.29 is 0 Å². The summed E-state index contributed by atoms with van der Waals surface area (Å²) in [5.41, 5.74) is 1.76. The van der Waals surface area contributed by atoms with Crippen molar-refractivity contribution >= 4 is 23.3 Å². The Labute approximate surface area is 62.9 Å². The predicted octanol–water partition coefficient (Wildman–Crippen LogP) is 2.04. The second kappa shape index (κ2) is 3.85. The summed E-state index contributed by atoms with van der Waals surface area (Å²) in [6.07, 6.45) is 1.18. The molecule has 0 saturated heterocycles. The van der Waals surface area contributed by atoms with Crippen LogP contribution in [0.15, 0.2) is 10.7 Å². The fourth-order valence-electron chi connectivity index (χ4n) is 0.418. The summed E-state index contributed by atoms with van der Waals surface area (Å²) in [5.74, 6) is 1.12. The number of nitrogens with zero attached hydrogens (tertiary/aromatic N) is 2. The lowest BCUT2D eigenvalue weighted by molar-refractivity contribution is 1.05. The number of rotatable bonds is 3. The zero-order valence-corrected chi connectivity index (χ0v) is 6.84. The van der Waals surface area contributed by atoms with Crippen molar-refractivity contribution in [1.82, 2.24) is 9.36 Å². The van der Waals surface area contributed by atoms with Gasteiger partial charge >= 0.3 is 0 Å². The van der Waals surface area contributed by atoms with Gasteiger partial charge in [0.25, 0.3) is 0 Å². The van der Waals surface area contributed by atoms with E-state index in [-0.39, 0.29) is 0 Å². The molecule has 50 valence electrons. The molecule has 0 fully saturated rings. The minimum absolute atomic E-state index is 0.918. The molecule has 0 saturated carbocycles. The van der Waals surface area contributed by atoms with Gasteiger partial charge in [0.2, 0.25) is 0 Å². The van der Waals surface area contributed by atoms with Gasteiger partial charge in [0, 0.05) is 5.75 Å². The SMILES string of the molecule is CCCSc1ncsn1. The molecule has 2 nitrogen and oxygen atoms in total. The molecule has 1 heterocycles. The smallest absolute Gasteiger partial charge is 0.200 e. The molecule has 1 aromatic rings. The Morgan fingerprint density at radius 1 is 1.78 bits per heavy atom. The van der Waals surface area contributed by atoms with Crippen molar-refractivity contribution in [1.29, 1.82) is 0 Å². The first-order chi connectivity index (χ1) is 4.43. The van der Waals surface area contributed by atoms with E-state index in [0.717, 1.165) is 10.9 Å². The van der Waals surface area contributed by atoms with E-state index >= 15 is 0 Å². The molecule has 1 aromatic heterocycles. The maximum absolute atomic E-state index is 4.05. The fraction of sp³-hybridized carbons (Fsp3) is 0.600. The van der Waals surface area contributed by atoms with Gasteiger partial charge in [-0.25, -0.2) is 4.98 Å². The van der Waals surface area contributed by atoms with Crippen LogP contribution in [0.5, 0.6) is 0 Å². The fourth-order valence-corrected chi connectivity index (χ4v) is 1.67. The van der Waals surface area contributed by atoms with Crippen LogP contribution in [0.3, 0.4) is 0 Å². The van der Waals surface area contributed by atoms with Gasteiger partial charge in [-0.2, -0.15) is 4.37 Å². The lowest BCUT2D eigenvalue weighted by atomic mass is 10.6. The van der Waals surface area contributed by atoms with E-state index in [1.807, 2.05) is 0 Å². The van der Waals surface area contributed by atoms with Crippen molar-refractivity contribution in [2.75, 3.05) is 5.75 Å². The van der Waals surface area contributed by atoms with Gasteiger partial charge in [-0.3, -0.25) is 0 Å². The first-order valence-electron chi connectivity index (χ1n) is 2.82. The molecule has 0 atom stereocenters. The van der Waals surface area contributed by atoms with Gasteiger partial charge in [0.15, 0.2) is 5.16 Å². The van der Waals surface area contributed by atoms with E-state index in [0.29, 0.717) is 0 Å². The van der Waals surface area contributed by atoms with E-state index in [2.05, 4.69) is 16.3 Å². The third kappa shape index (κ3) is 2.32. The van der Waals surface area contributed by atoms with Gasteiger partial charge in [-0.15, -0.1) is 0 Å². The summed E-state index contributed by atoms with van der Waals surface area (Å²) in [5, 5.41) is 0.918. The monoisotopic (exact) mass is 160 g/mol. The molecule has 0 aromatic carbocycles. The average molecular weight is 160 g/mol. The standard InChI is InChI=1S/C5H8N2S2/c1-2-3-8-5-6-4-9-7-5/h4H,2-3H2,1H3. The Balaban J connectivity index is 2.30. The Morgan fingerprint density at radius 3 is 3.22 bits per heavy atom. The molecular weight excluding hydrogens is 152 g/mol. The van der Waals surface area contributed by atoms with Gasteiger partial charge in [-0.1, -0.05) is 18.7 Å². The third-order valence-corrected chi connectivity index (χ3v) is 2.44. The number of hydrogen-bond donors (Lipinski definition) is 0. The first-order valence-corrected chi connectivity index (χ1v) is 4.65. The highest BCUT2D eigenvalue weighted by Gasteiger charge is 1.93. The molecule has 0 unspecified atom stereocenters. The van der Waals surface area contributed by atoms with E-state index in [4.69, 9.17) is 0 Å². The van der Waals surface area contributed by atoms with Crippen LogP contribution in [0.2, 0.25) is 0 Å². The minimum atomic E-state index is 0.918. The Bertz CT molecular complexity index is 150. The van der Waals surface area contributed by atoms with Crippen molar-refractivity contribution in [3.8, 4) is 0 Å². The van der Waals surface area contributed by atoms with Crippen molar-refractivity contribution in [2.45, 2.75) is 18.5 Å². The van der Waals surface area contributed by atoms with Crippen LogP contribution in [-0.2, 0) is 0 Å². The molecule has 0 amide bonds. The van der Waals surface area contributed by atoms with Crippen LogP contribution in [0.1, 0.15) is 13.3 Å². The quantitative estimate of drug-likeness (QED) is 0.633. The number of thioether (sulfide) groups is 1. The van der Waals surface area contributed by atoms with E-state index < -0.39 is 0 Å². The van der Waals surface area contributed by atoms with Crippen molar-refractivity contribution in [2.24, 2.45) is 0 Å². The highest BCUT2D eigenvalue weighted by molar-refractivity contribution is 7.99. The molecule has 0 bridgehead atoms. The zero-order chi connectivity index (χ0) is 6.53. The molecule has 9 heavy (non-hydrogen) atoms. The van der Waals surface area contributed by atoms with Crippen LogP contribution in [0.25, 0.3) is 0 Å². The van der Waals surface area contributed by atoms with Gasteiger partial charge in [-0.05, 0) is 18.0 Å². The third-order valence-electron chi connectivity index (χ3n) is 0.776. The molecule has 0 aliphatic heterocycles. The van der Waals surface area contributed by atoms with Crippen molar-refractivity contribution in [3.05, 3.63) is 5.51 Å². The van der Waals surface area contributed by atoms with Crippen LogP contribution in [-0.4, -0.2) is 15.1 Å². The van der Waals surface area contributed by atoms with Gasteiger partial charge in [0.1, 0.15) is 5.51 Å².